The molecule has 0 radical (unpaired) electrons. The largest absolute Gasteiger partial charge is 0.469 e. The van der Waals surface area contributed by atoms with Crippen molar-refractivity contribution >= 4 is 39.9 Å². The topological polar surface area (TPSA) is 116 Å². The van der Waals surface area contributed by atoms with Gasteiger partial charge in [0.1, 0.15) is 10.8 Å². The summed E-state index contributed by atoms with van der Waals surface area (Å²) >= 11 is 2.49. The standard InChI is InChI=1S/C17H17N5O3S2/c1-3-6-22-15(11-4-7-25-10(11)2)20-21-17(22)27-9-13(23)19-16-12(14(18)24)5-8-26-16/h3-5,7-8H,1,6,9H2,2H3,(H2,18,24)(H,19,23). The van der Waals surface area contributed by atoms with Gasteiger partial charge in [-0.2, -0.15) is 0 Å². The summed E-state index contributed by atoms with van der Waals surface area (Å²) in [4.78, 5) is 23.6. The SMILES string of the molecule is C=CCn1c(SCC(=O)Nc2sccc2C(N)=O)nnc1-c1ccoc1C. The number of aryl methyl sites for hydroxylation is 1. The summed E-state index contributed by atoms with van der Waals surface area (Å²) in [5.74, 6) is 0.650. The van der Waals surface area contributed by atoms with Crippen LogP contribution in [-0.4, -0.2) is 32.3 Å². The Balaban J connectivity index is 1.72. The second-order valence-electron chi connectivity index (χ2n) is 5.46. The molecule has 3 aromatic heterocycles. The van der Waals surface area contributed by atoms with Gasteiger partial charge in [0.15, 0.2) is 11.0 Å². The first-order valence-electron chi connectivity index (χ1n) is 7.89. The van der Waals surface area contributed by atoms with Crippen LogP contribution in [0, 0.1) is 6.92 Å². The fourth-order valence-electron chi connectivity index (χ4n) is 2.40. The van der Waals surface area contributed by atoms with E-state index in [1.165, 1.54) is 23.1 Å². The Bertz CT molecular complexity index is 989. The lowest BCUT2D eigenvalue weighted by Gasteiger charge is -2.07. The van der Waals surface area contributed by atoms with Gasteiger partial charge in [0.25, 0.3) is 5.91 Å². The van der Waals surface area contributed by atoms with Crippen LogP contribution in [0.1, 0.15) is 16.1 Å². The minimum absolute atomic E-state index is 0.107. The van der Waals surface area contributed by atoms with Crippen molar-refractivity contribution in [1.82, 2.24) is 14.8 Å². The van der Waals surface area contributed by atoms with Gasteiger partial charge in [-0.25, -0.2) is 0 Å². The Kier molecular flexibility index (Phi) is 5.77. The van der Waals surface area contributed by atoms with Gasteiger partial charge in [-0.1, -0.05) is 17.8 Å². The summed E-state index contributed by atoms with van der Waals surface area (Å²) in [6.07, 6.45) is 3.33. The van der Waals surface area contributed by atoms with Crippen molar-refractivity contribution in [2.24, 2.45) is 5.73 Å². The van der Waals surface area contributed by atoms with Crippen LogP contribution < -0.4 is 11.1 Å². The number of carbonyl (C=O) groups excluding carboxylic acids is 2. The number of hydrogen-bond donors (Lipinski definition) is 2. The molecule has 0 spiro atoms. The van der Waals surface area contributed by atoms with E-state index in [0.717, 1.165) is 11.3 Å². The van der Waals surface area contributed by atoms with Gasteiger partial charge in [0.05, 0.1) is 23.1 Å². The van der Waals surface area contributed by atoms with Crippen LogP contribution >= 0.6 is 23.1 Å². The zero-order valence-corrected chi connectivity index (χ0v) is 16.1. The van der Waals surface area contributed by atoms with Crippen LogP contribution in [0.25, 0.3) is 11.4 Å². The highest BCUT2D eigenvalue weighted by atomic mass is 32.2. The number of aromatic nitrogens is 3. The van der Waals surface area contributed by atoms with Crippen molar-refractivity contribution in [2.75, 3.05) is 11.1 Å². The number of hydrogen-bond acceptors (Lipinski definition) is 7. The molecule has 0 aromatic carbocycles. The van der Waals surface area contributed by atoms with Gasteiger partial charge in [-0.05, 0) is 24.4 Å². The molecule has 8 nitrogen and oxygen atoms in total. The van der Waals surface area contributed by atoms with Crippen molar-refractivity contribution in [3.63, 3.8) is 0 Å². The Labute approximate surface area is 163 Å². The number of allylic oxidation sites excluding steroid dienone is 1. The van der Waals surface area contributed by atoms with Crippen molar-refractivity contribution in [2.45, 2.75) is 18.6 Å². The van der Waals surface area contributed by atoms with E-state index in [9.17, 15) is 9.59 Å². The van der Waals surface area contributed by atoms with Crippen molar-refractivity contribution in [1.29, 1.82) is 0 Å². The molecule has 2 amide bonds. The highest BCUT2D eigenvalue weighted by Crippen LogP contribution is 2.28. The molecule has 3 rings (SSSR count). The molecule has 0 aliphatic heterocycles. The molecular weight excluding hydrogens is 386 g/mol. The summed E-state index contributed by atoms with van der Waals surface area (Å²) in [7, 11) is 0. The molecule has 10 heteroatoms. The van der Waals surface area contributed by atoms with Crippen LogP contribution in [-0.2, 0) is 11.3 Å². The number of thiophene rings is 1. The summed E-state index contributed by atoms with van der Waals surface area (Å²) in [6.45, 7) is 6.10. The maximum absolute atomic E-state index is 12.2. The normalized spacial score (nSPS) is 10.7. The zero-order valence-electron chi connectivity index (χ0n) is 14.5. The summed E-state index contributed by atoms with van der Waals surface area (Å²) in [6, 6.07) is 3.40. The van der Waals surface area contributed by atoms with E-state index >= 15 is 0 Å². The van der Waals surface area contributed by atoms with E-state index in [0.29, 0.717) is 28.1 Å². The predicted molar refractivity (Wildman–Crippen MR) is 105 cm³/mol. The van der Waals surface area contributed by atoms with E-state index in [2.05, 4.69) is 22.1 Å². The summed E-state index contributed by atoms with van der Waals surface area (Å²) < 4.78 is 7.20. The van der Waals surface area contributed by atoms with Crippen LogP contribution in [0.5, 0.6) is 0 Å². The number of nitrogens with two attached hydrogens (primary N) is 1. The minimum atomic E-state index is -0.579. The Hall–Kier alpha value is -2.85. The number of amides is 2. The number of furan rings is 1. The van der Waals surface area contributed by atoms with Crippen molar-refractivity contribution < 1.29 is 14.0 Å². The molecule has 0 aliphatic rings. The Morgan fingerprint density at radius 3 is 2.93 bits per heavy atom. The van der Waals surface area contributed by atoms with E-state index < -0.39 is 5.91 Å². The van der Waals surface area contributed by atoms with Gasteiger partial charge < -0.3 is 15.5 Å². The number of thioether (sulfide) groups is 1. The molecular formula is C17H17N5O3S2. The molecule has 3 N–H and O–H groups in total. The van der Waals surface area contributed by atoms with Crippen LogP contribution in [0.2, 0.25) is 0 Å². The first-order valence-corrected chi connectivity index (χ1v) is 9.76. The van der Waals surface area contributed by atoms with Gasteiger partial charge in [-0.3, -0.25) is 14.2 Å². The quantitative estimate of drug-likeness (QED) is 0.441. The zero-order chi connectivity index (χ0) is 19.4. The molecule has 3 aromatic rings. The second-order valence-corrected chi connectivity index (χ2v) is 7.32. The molecule has 0 fully saturated rings. The highest BCUT2D eigenvalue weighted by molar-refractivity contribution is 7.99. The third kappa shape index (κ3) is 4.12. The number of anilines is 1. The fraction of sp³-hybridized carbons (Fsp3) is 0.176. The molecule has 0 bridgehead atoms. The highest BCUT2D eigenvalue weighted by Gasteiger charge is 2.18. The Morgan fingerprint density at radius 1 is 1.44 bits per heavy atom. The molecule has 0 saturated carbocycles. The summed E-state index contributed by atoms with van der Waals surface area (Å²) in [5, 5.41) is 13.8. The van der Waals surface area contributed by atoms with Gasteiger partial charge >= 0.3 is 0 Å². The fourth-order valence-corrected chi connectivity index (χ4v) is 3.95. The van der Waals surface area contributed by atoms with Crippen LogP contribution in [0.15, 0.2) is 46.0 Å². The second kappa shape index (κ2) is 8.23. The number of rotatable bonds is 8. The molecule has 27 heavy (non-hydrogen) atoms. The lowest BCUT2D eigenvalue weighted by molar-refractivity contribution is -0.113. The van der Waals surface area contributed by atoms with Gasteiger partial charge in [-0.15, -0.1) is 28.1 Å². The maximum Gasteiger partial charge on any atom is 0.251 e. The van der Waals surface area contributed by atoms with Crippen molar-refractivity contribution in [3.8, 4) is 11.4 Å². The van der Waals surface area contributed by atoms with E-state index in [-0.39, 0.29) is 11.7 Å². The van der Waals surface area contributed by atoms with Crippen molar-refractivity contribution in [3.05, 3.63) is 47.8 Å². The van der Waals surface area contributed by atoms with Gasteiger partial charge in [0.2, 0.25) is 5.91 Å². The van der Waals surface area contributed by atoms with E-state index in [4.69, 9.17) is 10.2 Å². The summed E-state index contributed by atoms with van der Waals surface area (Å²) in [5.41, 5.74) is 6.42. The number of primary amides is 1. The maximum atomic E-state index is 12.2. The number of nitrogens with one attached hydrogen (secondary N) is 1. The predicted octanol–water partition coefficient (Wildman–Crippen LogP) is 2.92. The Morgan fingerprint density at radius 2 is 2.26 bits per heavy atom. The van der Waals surface area contributed by atoms with Crippen LogP contribution in [0.4, 0.5) is 5.00 Å². The van der Waals surface area contributed by atoms with E-state index in [1.54, 1.807) is 23.8 Å². The molecule has 3 heterocycles. The minimum Gasteiger partial charge on any atom is -0.469 e. The number of carbonyl (C=O) groups is 2. The molecule has 0 unspecified atom stereocenters. The first-order chi connectivity index (χ1) is 13.0. The molecule has 140 valence electrons. The van der Waals surface area contributed by atoms with Gasteiger partial charge in [0, 0.05) is 6.54 Å². The third-order valence-corrected chi connectivity index (χ3v) is 5.44. The average molecular weight is 403 g/mol. The van der Waals surface area contributed by atoms with E-state index in [1.807, 2.05) is 17.6 Å². The average Bonchev–Trinajstić information content (AvgIpc) is 3.34. The lowest BCUT2D eigenvalue weighted by atomic mass is 10.2. The molecule has 0 aliphatic carbocycles. The number of nitrogens with zero attached hydrogens (tertiary/aromatic N) is 3. The van der Waals surface area contributed by atoms with Crippen LogP contribution in [0.3, 0.4) is 0 Å². The monoisotopic (exact) mass is 403 g/mol. The smallest absolute Gasteiger partial charge is 0.251 e. The molecule has 0 atom stereocenters. The molecule has 0 saturated heterocycles. The third-order valence-electron chi connectivity index (χ3n) is 3.64. The lowest BCUT2D eigenvalue weighted by Crippen LogP contribution is -2.18. The first kappa shape index (κ1) is 18.9.